The molecule has 0 unspecified atom stereocenters. The first-order valence-corrected chi connectivity index (χ1v) is 15.1. The Morgan fingerprint density at radius 1 is 1.10 bits per heavy atom. The number of ether oxygens (including phenoxy) is 1. The highest BCUT2D eigenvalue weighted by Gasteiger charge is 2.33. The number of aryl methyl sites for hydroxylation is 1. The molecule has 0 bridgehead atoms. The summed E-state index contributed by atoms with van der Waals surface area (Å²) in [5.74, 6) is 1.97. The van der Waals surface area contributed by atoms with Crippen LogP contribution in [0.4, 0.5) is 0 Å². The normalized spacial score (nSPS) is 20.1. The largest absolute Gasteiger partial charge is 0.481 e. The van der Waals surface area contributed by atoms with E-state index in [9.17, 15) is 9.59 Å². The fourth-order valence-corrected chi connectivity index (χ4v) is 8.02. The Bertz CT molecular complexity index is 1320. The first-order chi connectivity index (χ1) is 18.7. The molecule has 2 aromatic heterocycles. The molecule has 6 nitrogen and oxygen atoms in total. The monoisotopic (exact) mass is 547 g/mol. The van der Waals surface area contributed by atoms with Crippen LogP contribution in [0.2, 0.25) is 0 Å². The van der Waals surface area contributed by atoms with Crippen molar-refractivity contribution < 1.29 is 14.3 Å². The number of piperidine rings is 1. The summed E-state index contributed by atoms with van der Waals surface area (Å²) in [5.41, 5.74) is 6.03. The summed E-state index contributed by atoms with van der Waals surface area (Å²) >= 11 is 1.86. The third-order valence-corrected chi connectivity index (χ3v) is 10.3. The van der Waals surface area contributed by atoms with E-state index in [1.54, 1.807) is 7.11 Å². The predicted octanol–water partition coefficient (Wildman–Crippen LogP) is 6.10. The topological polar surface area (TPSA) is 62.7 Å². The lowest BCUT2D eigenvalue weighted by Crippen LogP contribution is -2.35. The van der Waals surface area contributed by atoms with Crippen molar-refractivity contribution in [2.75, 3.05) is 33.3 Å². The van der Waals surface area contributed by atoms with Gasteiger partial charge in [-0.15, -0.1) is 11.3 Å². The van der Waals surface area contributed by atoms with E-state index in [1.807, 2.05) is 42.2 Å². The Labute approximate surface area is 236 Å². The number of pyridine rings is 1. The number of fused-ring (bicyclic) bond motifs is 1. The van der Waals surface area contributed by atoms with Crippen LogP contribution in [-0.2, 0) is 17.8 Å². The average Bonchev–Trinajstić information content (AvgIpc) is 3.16. The highest BCUT2D eigenvalue weighted by molar-refractivity contribution is 7.12. The maximum Gasteiger partial charge on any atom is 0.255 e. The zero-order chi connectivity index (χ0) is 27.7. The van der Waals surface area contributed by atoms with Crippen LogP contribution >= 0.6 is 11.3 Å². The van der Waals surface area contributed by atoms with E-state index >= 15 is 0 Å². The lowest BCUT2D eigenvalue weighted by molar-refractivity contribution is -0.115. The van der Waals surface area contributed by atoms with Crippen LogP contribution in [-0.4, -0.2) is 59.8 Å². The molecule has 39 heavy (non-hydrogen) atoms. The number of amides is 1. The molecule has 0 radical (unpaired) electrons. The van der Waals surface area contributed by atoms with E-state index in [4.69, 9.17) is 4.74 Å². The number of ketones is 1. The van der Waals surface area contributed by atoms with Crippen LogP contribution in [0.15, 0.2) is 41.0 Å². The molecule has 7 heteroatoms. The molecular formula is C32H41N3O3S. The summed E-state index contributed by atoms with van der Waals surface area (Å²) in [4.78, 5) is 38.2. The molecular weight excluding hydrogens is 506 g/mol. The Morgan fingerprint density at radius 3 is 2.59 bits per heavy atom. The van der Waals surface area contributed by atoms with Gasteiger partial charge in [-0.2, -0.15) is 0 Å². The minimum atomic E-state index is 0.106. The highest BCUT2D eigenvalue weighted by atomic mass is 32.1. The molecule has 0 saturated carbocycles. The molecule has 1 amide bonds. The van der Waals surface area contributed by atoms with Crippen molar-refractivity contribution in [1.29, 1.82) is 0 Å². The van der Waals surface area contributed by atoms with Crippen molar-refractivity contribution in [2.24, 2.45) is 5.92 Å². The van der Waals surface area contributed by atoms with Crippen molar-refractivity contribution in [1.82, 2.24) is 14.8 Å². The third kappa shape index (κ3) is 5.90. The molecule has 2 aliphatic heterocycles. The van der Waals surface area contributed by atoms with E-state index in [0.717, 1.165) is 73.3 Å². The quantitative estimate of drug-likeness (QED) is 0.419. The van der Waals surface area contributed by atoms with Gasteiger partial charge in [-0.1, -0.05) is 24.6 Å². The molecule has 0 aromatic carbocycles. The number of likely N-dealkylation sites (tertiary alicyclic amines) is 1. The van der Waals surface area contributed by atoms with E-state index in [0.29, 0.717) is 37.2 Å². The molecule has 0 N–H and O–H groups in total. The van der Waals surface area contributed by atoms with Crippen LogP contribution in [0.1, 0.15) is 83.7 Å². The van der Waals surface area contributed by atoms with Gasteiger partial charge >= 0.3 is 0 Å². The maximum atomic E-state index is 13.8. The summed E-state index contributed by atoms with van der Waals surface area (Å²) in [7, 11) is 1.66. The fourth-order valence-electron chi connectivity index (χ4n) is 6.53. The molecule has 2 aromatic rings. The van der Waals surface area contributed by atoms with E-state index in [1.165, 1.54) is 15.3 Å². The molecule has 4 heterocycles. The summed E-state index contributed by atoms with van der Waals surface area (Å²) in [6.07, 6.45) is 6.74. The number of aromatic nitrogens is 1. The summed E-state index contributed by atoms with van der Waals surface area (Å²) < 4.78 is 5.29. The van der Waals surface area contributed by atoms with Gasteiger partial charge in [0.1, 0.15) is 0 Å². The molecule has 1 aliphatic carbocycles. The number of rotatable bonds is 7. The second kappa shape index (κ2) is 11.8. The van der Waals surface area contributed by atoms with Gasteiger partial charge < -0.3 is 9.64 Å². The number of thiophene rings is 1. The van der Waals surface area contributed by atoms with Gasteiger partial charge in [-0.05, 0) is 88.6 Å². The van der Waals surface area contributed by atoms with Gasteiger partial charge in [0.2, 0.25) is 5.88 Å². The molecule has 3 aliphatic rings. The number of Topliss-reactive ketones (excluding diaryl/α,β-unsaturated/α-hetero) is 1. The Hall–Kier alpha value is -2.77. The number of nitrogens with zero attached hydrogens (tertiary/aromatic N) is 3. The van der Waals surface area contributed by atoms with Gasteiger partial charge in [-0.25, -0.2) is 4.98 Å². The number of hydrogen-bond donors (Lipinski definition) is 0. The molecule has 5 rings (SSSR count). The van der Waals surface area contributed by atoms with Gasteiger partial charge in [0.05, 0.1) is 18.4 Å². The van der Waals surface area contributed by atoms with Crippen molar-refractivity contribution in [3.8, 4) is 5.88 Å². The van der Waals surface area contributed by atoms with Gasteiger partial charge in [0, 0.05) is 47.4 Å². The molecule has 0 spiro atoms. The molecule has 1 atom stereocenters. The first kappa shape index (κ1) is 27.8. The van der Waals surface area contributed by atoms with Gasteiger partial charge in [-0.3, -0.25) is 14.5 Å². The van der Waals surface area contributed by atoms with Crippen LogP contribution in [0.25, 0.3) is 0 Å². The molecule has 1 fully saturated rings. The predicted molar refractivity (Wildman–Crippen MR) is 157 cm³/mol. The van der Waals surface area contributed by atoms with Crippen molar-refractivity contribution in [3.05, 3.63) is 67.6 Å². The third-order valence-electron chi connectivity index (χ3n) is 8.78. The first-order valence-electron chi connectivity index (χ1n) is 14.3. The van der Waals surface area contributed by atoms with E-state index in [2.05, 4.69) is 35.9 Å². The molecule has 1 saturated heterocycles. The van der Waals surface area contributed by atoms with E-state index in [-0.39, 0.29) is 11.7 Å². The average molecular weight is 548 g/mol. The van der Waals surface area contributed by atoms with Crippen LogP contribution < -0.4 is 4.74 Å². The summed E-state index contributed by atoms with van der Waals surface area (Å²) in [5, 5.41) is 0. The number of allylic oxidation sites excluding steroid dienone is 3. The molecule has 208 valence electrons. The van der Waals surface area contributed by atoms with Crippen molar-refractivity contribution >= 4 is 23.0 Å². The lowest BCUT2D eigenvalue weighted by atomic mass is 9.83. The standard InChI is InChI=1S/C32H41N3O3S/c1-20-16-21(2)26(27(36)17-20)19-35-13-7-9-28-30(32(35)37)23(4)31(39-28)22(3)24-11-14-34(15-12-24)18-25-8-6-10-29(33-25)38-5/h6,8,10,16,22,24H,7,9,11-15,17-19H2,1-5H3/t22-/m1/s1. The van der Waals surface area contributed by atoms with Crippen molar-refractivity contribution in [3.63, 3.8) is 0 Å². The highest BCUT2D eigenvalue weighted by Crippen LogP contribution is 2.42. The van der Waals surface area contributed by atoms with Crippen LogP contribution in [0, 0.1) is 12.8 Å². The lowest BCUT2D eigenvalue weighted by Gasteiger charge is -2.34. The van der Waals surface area contributed by atoms with Gasteiger partial charge in [0.15, 0.2) is 5.78 Å². The SMILES string of the molecule is COc1cccc(CN2CCC([C@@H](C)c3sc4c(c3C)C(=O)N(CC3=C(C)C=C(C)CC3=O)CCC4)CC2)n1. The second-order valence-electron chi connectivity index (χ2n) is 11.5. The van der Waals surface area contributed by atoms with Crippen LogP contribution in [0.3, 0.4) is 0 Å². The number of methoxy groups -OCH3 is 1. The zero-order valence-corrected chi connectivity index (χ0v) is 24.8. The summed E-state index contributed by atoms with van der Waals surface area (Å²) in [6.45, 7) is 12.6. The number of carbonyl (C=O) groups is 2. The Morgan fingerprint density at radius 2 is 1.87 bits per heavy atom. The Balaban J connectivity index is 1.27. The fraction of sp³-hybridized carbons (Fsp3) is 0.531. The smallest absolute Gasteiger partial charge is 0.255 e. The summed E-state index contributed by atoms with van der Waals surface area (Å²) in [6, 6.07) is 5.96. The minimum Gasteiger partial charge on any atom is -0.481 e. The minimum absolute atomic E-state index is 0.106. The van der Waals surface area contributed by atoms with Crippen LogP contribution in [0.5, 0.6) is 5.88 Å². The number of hydrogen-bond acceptors (Lipinski definition) is 6. The van der Waals surface area contributed by atoms with Gasteiger partial charge in [0.25, 0.3) is 5.91 Å². The number of carbonyl (C=O) groups excluding carboxylic acids is 2. The maximum absolute atomic E-state index is 13.8. The second-order valence-corrected chi connectivity index (χ2v) is 12.7. The van der Waals surface area contributed by atoms with Crippen molar-refractivity contribution in [2.45, 2.75) is 72.3 Å². The Kier molecular flexibility index (Phi) is 8.38. The zero-order valence-electron chi connectivity index (χ0n) is 24.0. The van der Waals surface area contributed by atoms with E-state index < -0.39 is 0 Å².